The van der Waals surface area contributed by atoms with E-state index in [9.17, 15) is 14.9 Å². The molecule has 5 nitrogen and oxygen atoms in total. The first-order chi connectivity index (χ1) is 9.13. The molecule has 1 aromatic rings. The summed E-state index contributed by atoms with van der Waals surface area (Å²) < 4.78 is 5.40. The van der Waals surface area contributed by atoms with Gasteiger partial charge in [0.15, 0.2) is 5.60 Å². The number of rotatable bonds is 3. The Hall–Kier alpha value is -1.40. The Morgan fingerprint density at radius 1 is 1.35 bits per heavy atom. The van der Waals surface area contributed by atoms with Crippen LogP contribution in [-0.4, -0.2) is 20.4 Å². The summed E-state index contributed by atoms with van der Waals surface area (Å²) in [6, 6.07) is 6.14. The Labute approximate surface area is 121 Å². The van der Waals surface area contributed by atoms with E-state index >= 15 is 0 Å². The quantitative estimate of drug-likeness (QED) is 0.485. The molecule has 2 rings (SSSR count). The van der Waals surface area contributed by atoms with E-state index in [1.165, 1.54) is 23.9 Å². The van der Waals surface area contributed by atoms with Crippen LogP contribution >= 0.6 is 11.8 Å². The molecule has 1 fully saturated rings. The summed E-state index contributed by atoms with van der Waals surface area (Å²) in [6.07, 6.45) is -0.314. The van der Waals surface area contributed by atoms with Crippen molar-refractivity contribution < 1.29 is 14.5 Å². The van der Waals surface area contributed by atoms with Crippen LogP contribution in [0.2, 0.25) is 0 Å². The predicted octanol–water partition coefficient (Wildman–Crippen LogP) is 3.48. The van der Waals surface area contributed by atoms with Crippen molar-refractivity contribution in [3.05, 3.63) is 39.9 Å². The van der Waals surface area contributed by atoms with Gasteiger partial charge in [0.05, 0.1) is 4.92 Å². The molecular weight excluding hydrogens is 278 g/mol. The molecule has 2 atom stereocenters. The maximum atomic E-state index is 12.2. The molecule has 0 radical (unpaired) electrons. The van der Waals surface area contributed by atoms with Gasteiger partial charge in [-0.05, 0) is 24.6 Å². The van der Waals surface area contributed by atoms with Gasteiger partial charge in [-0.3, -0.25) is 14.9 Å². The second-order valence-electron chi connectivity index (χ2n) is 5.96. The second kappa shape index (κ2) is 4.86. The van der Waals surface area contributed by atoms with Gasteiger partial charge in [-0.25, -0.2) is 0 Å². The minimum Gasteiger partial charge on any atom is -0.352 e. The lowest BCUT2D eigenvalue weighted by molar-refractivity contribution is -0.384. The average Bonchev–Trinajstić information content (AvgIpc) is 3.01. The number of nitrogens with zero attached hydrogens (tertiary/aromatic N) is 1. The van der Waals surface area contributed by atoms with Crippen LogP contribution in [0.4, 0.5) is 5.69 Å². The number of benzene rings is 1. The zero-order chi connectivity index (χ0) is 15.1. The lowest BCUT2D eigenvalue weighted by Gasteiger charge is -2.17. The Morgan fingerprint density at radius 2 is 1.90 bits per heavy atom. The van der Waals surface area contributed by atoms with E-state index < -0.39 is 10.5 Å². The molecule has 0 amide bonds. The number of non-ortho nitro benzene ring substituents is 1. The van der Waals surface area contributed by atoms with E-state index in [2.05, 4.69) is 0 Å². The molecule has 20 heavy (non-hydrogen) atoms. The normalized spacial score (nSPS) is 25.3. The van der Waals surface area contributed by atoms with Crippen molar-refractivity contribution in [2.24, 2.45) is 0 Å². The van der Waals surface area contributed by atoms with E-state index in [1.54, 1.807) is 19.1 Å². The van der Waals surface area contributed by atoms with Crippen LogP contribution in [0.15, 0.2) is 24.3 Å². The van der Waals surface area contributed by atoms with Gasteiger partial charge in [0.1, 0.15) is 6.10 Å². The maximum absolute atomic E-state index is 12.2. The van der Waals surface area contributed by atoms with Crippen LogP contribution in [0.5, 0.6) is 0 Å². The smallest absolute Gasteiger partial charge is 0.269 e. The molecular formula is C14H17NO4S. The van der Waals surface area contributed by atoms with Crippen LogP contribution < -0.4 is 0 Å². The lowest BCUT2D eigenvalue weighted by atomic mass is 10.0. The molecule has 0 saturated carbocycles. The van der Waals surface area contributed by atoms with Crippen LogP contribution in [0.1, 0.15) is 39.4 Å². The molecule has 1 aromatic carbocycles. The van der Waals surface area contributed by atoms with E-state index in [0.717, 1.165) is 5.56 Å². The van der Waals surface area contributed by atoms with E-state index in [1.807, 2.05) is 20.8 Å². The largest absolute Gasteiger partial charge is 0.352 e. The summed E-state index contributed by atoms with van der Waals surface area (Å²) >= 11 is 1.26. The highest BCUT2D eigenvalue weighted by Crippen LogP contribution is 2.53. The molecule has 0 bridgehead atoms. The summed E-state index contributed by atoms with van der Waals surface area (Å²) in [4.78, 5) is 22.4. The predicted molar refractivity (Wildman–Crippen MR) is 77.7 cm³/mol. The molecule has 108 valence electrons. The zero-order valence-corrected chi connectivity index (χ0v) is 12.7. The number of thioether (sulfide) groups is 1. The number of carbonyl (C=O) groups excluding carboxylic acids is 1. The molecule has 0 aromatic heterocycles. The van der Waals surface area contributed by atoms with Crippen molar-refractivity contribution in [2.75, 3.05) is 0 Å². The summed E-state index contributed by atoms with van der Waals surface area (Å²) in [5, 5.41) is 10.6. The maximum Gasteiger partial charge on any atom is 0.269 e. The topological polar surface area (TPSA) is 72.7 Å². The fourth-order valence-corrected chi connectivity index (χ4v) is 2.82. The number of nitro benzene ring substituents is 1. The third kappa shape index (κ3) is 3.02. The van der Waals surface area contributed by atoms with Crippen molar-refractivity contribution >= 4 is 22.6 Å². The van der Waals surface area contributed by atoms with Gasteiger partial charge in [-0.1, -0.05) is 32.5 Å². The fraction of sp³-hybridized carbons (Fsp3) is 0.500. The highest BCUT2D eigenvalue weighted by molar-refractivity contribution is 8.15. The van der Waals surface area contributed by atoms with Gasteiger partial charge in [-0.15, -0.1) is 0 Å². The minimum absolute atomic E-state index is 0.00615. The van der Waals surface area contributed by atoms with Gasteiger partial charge in [0, 0.05) is 16.9 Å². The average molecular weight is 295 g/mol. The van der Waals surface area contributed by atoms with Crippen molar-refractivity contribution in [1.29, 1.82) is 0 Å². The van der Waals surface area contributed by atoms with Crippen molar-refractivity contribution in [3.63, 3.8) is 0 Å². The Kier molecular flexibility index (Phi) is 3.64. The van der Waals surface area contributed by atoms with Crippen LogP contribution in [-0.2, 0) is 9.53 Å². The Bertz CT molecular complexity index is 549. The first kappa shape index (κ1) is 15.0. The number of ether oxygens (including phenoxy) is 1. The molecule has 1 aliphatic rings. The molecule has 0 unspecified atom stereocenters. The van der Waals surface area contributed by atoms with E-state index in [4.69, 9.17) is 4.74 Å². The SMILES string of the molecule is CC(C)(C)SC(=O)[C@@]1(C)O[C@@H]1c1ccc([N+](=O)[O-])cc1. The minimum atomic E-state index is -0.825. The van der Waals surface area contributed by atoms with Crippen molar-refractivity contribution in [2.45, 2.75) is 44.1 Å². The third-order valence-electron chi connectivity index (χ3n) is 3.02. The summed E-state index contributed by atoms with van der Waals surface area (Å²) in [7, 11) is 0. The molecule has 0 N–H and O–H groups in total. The first-order valence-corrected chi connectivity index (χ1v) is 7.11. The highest BCUT2D eigenvalue weighted by Gasteiger charge is 2.59. The summed E-state index contributed by atoms with van der Waals surface area (Å²) in [6.45, 7) is 7.69. The van der Waals surface area contributed by atoms with Gasteiger partial charge >= 0.3 is 0 Å². The fourth-order valence-electron chi connectivity index (χ4n) is 1.90. The van der Waals surface area contributed by atoms with Gasteiger partial charge in [0.25, 0.3) is 5.69 Å². The molecule has 1 saturated heterocycles. The zero-order valence-electron chi connectivity index (χ0n) is 11.9. The number of carbonyl (C=O) groups is 1. The standard InChI is InChI=1S/C14H17NO4S/c1-13(2,3)20-12(16)14(4)11(19-14)9-5-7-10(8-6-9)15(17)18/h5-8,11H,1-4H3/t11-,14+/m1/s1. The molecule has 0 spiro atoms. The number of hydrogen-bond acceptors (Lipinski definition) is 5. The number of hydrogen-bond donors (Lipinski definition) is 0. The number of nitro groups is 1. The molecule has 6 heteroatoms. The first-order valence-electron chi connectivity index (χ1n) is 6.29. The van der Waals surface area contributed by atoms with Gasteiger partial charge < -0.3 is 4.74 Å². The van der Waals surface area contributed by atoms with E-state index in [-0.39, 0.29) is 21.7 Å². The van der Waals surface area contributed by atoms with Crippen LogP contribution in [0.25, 0.3) is 0 Å². The van der Waals surface area contributed by atoms with Gasteiger partial charge in [0.2, 0.25) is 5.12 Å². The monoisotopic (exact) mass is 295 g/mol. The van der Waals surface area contributed by atoms with Crippen molar-refractivity contribution in [3.8, 4) is 0 Å². The summed E-state index contributed by atoms with van der Waals surface area (Å²) in [5.41, 5.74) is 0.00103. The lowest BCUT2D eigenvalue weighted by Crippen LogP contribution is -2.23. The number of epoxide rings is 1. The van der Waals surface area contributed by atoms with E-state index in [0.29, 0.717) is 0 Å². The molecule has 1 aliphatic heterocycles. The van der Waals surface area contributed by atoms with Crippen LogP contribution in [0, 0.1) is 10.1 Å². The van der Waals surface area contributed by atoms with Gasteiger partial charge in [-0.2, -0.15) is 0 Å². The molecule has 0 aliphatic carbocycles. The summed E-state index contributed by atoms with van der Waals surface area (Å²) in [5.74, 6) is 0. The third-order valence-corrected chi connectivity index (χ3v) is 4.22. The van der Waals surface area contributed by atoms with Crippen LogP contribution in [0.3, 0.4) is 0 Å². The van der Waals surface area contributed by atoms with Crippen molar-refractivity contribution in [1.82, 2.24) is 0 Å². The molecule has 1 heterocycles. The second-order valence-corrected chi connectivity index (χ2v) is 7.76. The Morgan fingerprint density at radius 3 is 2.35 bits per heavy atom. The Balaban J connectivity index is 2.10. The highest BCUT2D eigenvalue weighted by atomic mass is 32.2.